The molecule has 0 atom stereocenters. The second-order valence-electron chi connectivity index (χ2n) is 5.81. The average molecular weight is 321 g/mol. The van der Waals surface area contributed by atoms with Gasteiger partial charge < -0.3 is 10.2 Å². The molecule has 0 unspecified atom stereocenters. The Hall–Kier alpha value is -1.95. The summed E-state index contributed by atoms with van der Waals surface area (Å²) in [6.07, 6.45) is 1.14. The van der Waals surface area contributed by atoms with Crippen LogP contribution in [0.5, 0.6) is 0 Å². The topological polar surface area (TPSA) is 52.7 Å². The van der Waals surface area contributed by atoms with E-state index in [1.54, 1.807) is 17.0 Å². The smallest absolute Gasteiger partial charge is 0.234 e. The summed E-state index contributed by atoms with van der Waals surface area (Å²) in [4.78, 5) is 27.8. The van der Waals surface area contributed by atoms with E-state index in [2.05, 4.69) is 10.2 Å². The summed E-state index contributed by atoms with van der Waals surface area (Å²) >= 11 is 0. The number of nitrogens with zero attached hydrogens (tertiary/aromatic N) is 2. The predicted octanol–water partition coefficient (Wildman–Crippen LogP) is 1.04. The fourth-order valence-electron chi connectivity index (χ4n) is 2.61. The zero-order valence-electron chi connectivity index (χ0n) is 13.6. The van der Waals surface area contributed by atoms with Crippen LogP contribution < -0.4 is 5.32 Å². The molecule has 0 saturated carbocycles. The van der Waals surface area contributed by atoms with Gasteiger partial charge in [-0.25, -0.2) is 4.39 Å². The molecule has 1 N–H and O–H groups in total. The summed E-state index contributed by atoms with van der Waals surface area (Å²) in [7, 11) is 0. The molecule has 126 valence electrons. The maximum atomic E-state index is 13.2. The summed E-state index contributed by atoms with van der Waals surface area (Å²) in [6.45, 7) is 5.69. The highest BCUT2D eigenvalue weighted by molar-refractivity contribution is 5.79. The molecular formula is C17H24FN3O2. The van der Waals surface area contributed by atoms with Gasteiger partial charge in [0, 0.05) is 32.7 Å². The van der Waals surface area contributed by atoms with Crippen molar-refractivity contribution in [2.24, 2.45) is 0 Å². The number of carbonyl (C=O) groups is 2. The van der Waals surface area contributed by atoms with E-state index in [1.165, 1.54) is 12.1 Å². The molecule has 23 heavy (non-hydrogen) atoms. The van der Waals surface area contributed by atoms with Crippen LogP contribution in [-0.2, 0) is 16.0 Å². The van der Waals surface area contributed by atoms with Crippen molar-refractivity contribution in [2.75, 3.05) is 39.3 Å². The molecule has 6 heteroatoms. The van der Waals surface area contributed by atoms with Crippen LogP contribution in [0.15, 0.2) is 24.3 Å². The second-order valence-corrected chi connectivity index (χ2v) is 5.81. The number of nitrogens with one attached hydrogen (secondary N) is 1. The first-order valence-electron chi connectivity index (χ1n) is 8.09. The van der Waals surface area contributed by atoms with Crippen LogP contribution in [0.25, 0.3) is 0 Å². The number of piperazine rings is 1. The first kappa shape index (κ1) is 17.4. The molecule has 2 rings (SSSR count). The number of benzene rings is 1. The number of amides is 2. The molecule has 0 aromatic heterocycles. The minimum absolute atomic E-state index is 0.00526. The molecule has 5 nitrogen and oxygen atoms in total. The van der Waals surface area contributed by atoms with Gasteiger partial charge in [0.2, 0.25) is 11.8 Å². The van der Waals surface area contributed by atoms with Crippen LogP contribution in [0.1, 0.15) is 18.9 Å². The highest BCUT2D eigenvalue weighted by atomic mass is 19.1. The minimum Gasteiger partial charge on any atom is -0.355 e. The normalized spacial score (nSPS) is 15.5. The Bertz CT molecular complexity index is 542. The molecule has 0 bridgehead atoms. The van der Waals surface area contributed by atoms with Gasteiger partial charge in [0.05, 0.1) is 13.0 Å². The van der Waals surface area contributed by atoms with Crippen LogP contribution in [0.4, 0.5) is 4.39 Å². The monoisotopic (exact) mass is 321 g/mol. The van der Waals surface area contributed by atoms with E-state index in [0.29, 0.717) is 44.8 Å². The lowest BCUT2D eigenvalue weighted by molar-refractivity contribution is -0.132. The van der Waals surface area contributed by atoms with Gasteiger partial charge in [0.25, 0.3) is 0 Å². The molecule has 1 aromatic rings. The summed E-state index contributed by atoms with van der Waals surface area (Å²) in [5.41, 5.74) is 0.691. The lowest BCUT2D eigenvalue weighted by Gasteiger charge is -2.34. The SMILES string of the molecule is CCCNC(=O)CN1CCN(C(=O)Cc2cccc(F)c2)CC1. The molecule has 1 fully saturated rings. The lowest BCUT2D eigenvalue weighted by atomic mass is 10.1. The molecule has 2 amide bonds. The van der Waals surface area contributed by atoms with Crippen molar-refractivity contribution < 1.29 is 14.0 Å². The molecule has 1 saturated heterocycles. The summed E-state index contributed by atoms with van der Waals surface area (Å²) in [5.74, 6) is -0.282. The van der Waals surface area contributed by atoms with Crippen LogP contribution in [0, 0.1) is 5.82 Å². The Kier molecular flexibility index (Phi) is 6.52. The maximum Gasteiger partial charge on any atom is 0.234 e. The summed E-state index contributed by atoms with van der Waals surface area (Å²) in [5, 5.41) is 2.85. The fourth-order valence-corrected chi connectivity index (χ4v) is 2.61. The first-order valence-corrected chi connectivity index (χ1v) is 8.09. The maximum absolute atomic E-state index is 13.2. The zero-order chi connectivity index (χ0) is 16.7. The van der Waals surface area contributed by atoms with Crippen LogP contribution in [-0.4, -0.2) is 60.9 Å². The van der Waals surface area contributed by atoms with Gasteiger partial charge in [-0.05, 0) is 24.1 Å². The third kappa shape index (κ3) is 5.63. The van der Waals surface area contributed by atoms with Crippen LogP contribution in [0.3, 0.4) is 0 Å². The third-order valence-electron chi connectivity index (χ3n) is 3.91. The van der Waals surface area contributed by atoms with Crippen molar-refractivity contribution in [3.05, 3.63) is 35.6 Å². The van der Waals surface area contributed by atoms with Crippen LogP contribution in [0.2, 0.25) is 0 Å². The molecule has 1 heterocycles. The number of rotatable bonds is 6. The zero-order valence-corrected chi connectivity index (χ0v) is 13.6. The van der Waals surface area contributed by atoms with Crippen molar-refractivity contribution in [1.29, 1.82) is 0 Å². The number of hydrogen-bond donors (Lipinski definition) is 1. The standard InChI is InChI=1S/C17H24FN3O2/c1-2-6-19-16(22)13-20-7-9-21(10-8-20)17(23)12-14-4-3-5-15(18)11-14/h3-5,11H,2,6-10,12-13H2,1H3,(H,19,22). The number of carbonyl (C=O) groups excluding carboxylic acids is 2. The minimum atomic E-state index is -0.321. The summed E-state index contributed by atoms with van der Waals surface area (Å²) in [6, 6.07) is 6.14. The highest BCUT2D eigenvalue weighted by Gasteiger charge is 2.22. The van der Waals surface area contributed by atoms with Gasteiger partial charge in [-0.1, -0.05) is 19.1 Å². The van der Waals surface area contributed by atoms with E-state index in [4.69, 9.17) is 0 Å². The Morgan fingerprint density at radius 3 is 2.61 bits per heavy atom. The van der Waals surface area contributed by atoms with Crippen molar-refractivity contribution in [3.63, 3.8) is 0 Å². The van der Waals surface area contributed by atoms with E-state index < -0.39 is 0 Å². The Morgan fingerprint density at radius 1 is 1.22 bits per heavy atom. The summed E-state index contributed by atoms with van der Waals surface area (Å²) < 4.78 is 13.2. The van der Waals surface area contributed by atoms with E-state index >= 15 is 0 Å². The van der Waals surface area contributed by atoms with Crippen molar-refractivity contribution in [2.45, 2.75) is 19.8 Å². The van der Waals surface area contributed by atoms with Crippen molar-refractivity contribution in [3.8, 4) is 0 Å². The van der Waals surface area contributed by atoms with E-state index in [-0.39, 0.29) is 24.1 Å². The van der Waals surface area contributed by atoms with E-state index in [1.807, 2.05) is 6.92 Å². The largest absolute Gasteiger partial charge is 0.355 e. The van der Waals surface area contributed by atoms with E-state index in [9.17, 15) is 14.0 Å². The molecule has 1 aliphatic heterocycles. The van der Waals surface area contributed by atoms with Gasteiger partial charge in [-0.15, -0.1) is 0 Å². The molecule has 1 aromatic carbocycles. The molecule has 0 aliphatic carbocycles. The van der Waals surface area contributed by atoms with Gasteiger partial charge in [-0.2, -0.15) is 0 Å². The Balaban J connectivity index is 1.75. The first-order chi connectivity index (χ1) is 11.1. The van der Waals surface area contributed by atoms with Crippen LogP contribution >= 0.6 is 0 Å². The lowest BCUT2D eigenvalue weighted by Crippen LogP contribution is -2.51. The van der Waals surface area contributed by atoms with Gasteiger partial charge >= 0.3 is 0 Å². The number of hydrogen-bond acceptors (Lipinski definition) is 3. The average Bonchev–Trinajstić information content (AvgIpc) is 2.53. The fraction of sp³-hybridized carbons (Fsp3) is 0.529. The van der Waals surface area contributed by atoms with Gasteiger partial charge in [0.15, 0.2) is 0 Å². The molecule has 1 aliphatic rings. The van der Waals surface area contributed by atoms with Crippen molar-refractivity contribution >= 4 is 11.8 Å². The Labute approximate surface area is 136 Å². The second kappa shape index (κ2) is 8.62. The van der Waals surface area contributed by atoms with Gasteiger partial charge in [-0.3, -0.25) is 14.5 Å². The molecule has 0 radical (unpaired) electrons. The van der Waals surface area contributed by atoms with Crippen molar-refractivity contribution in [1.82, 2.24) is 15.1 Å². The molecular weight excluding hydrogens is 297 g/mol. The quantitative estimate of drug-likeness (QED) is 0.852. The predicted molar refractivity (Wildman–Crippen MR) is 86.4 cm³/mol. The highest BCUT2D eigenvalue weighted by Crippen LogP contribution is 2.08. The molecule has 0 spiro atoms. The Morgan fingerprint density at radius 2 is 1.96 bits per heavy atom. The number of halogens is 1. The van der Waals surface area contributed by atoms with E-state index in [0.717, 1.165) is 6.42 Å². The van der Waals surface area contributed by atoms with Gasteiger partial charge in [0.1, 0.15) is 5.82 Å². The third-order valence-corrected chi connectivity index (χ3v) is 3.91.